The van der Waals surface area contributed by atoms with Crippen molar-refractivity contribution in [3.63, 3.8) is 0 Å². The van der Waals surface area contributed by atoms with Gasteiger partial charge in [-0.2, -0.15) is 0 Å². The van der Waals surface area contributed by atoms with Gasteiger partial charge >= 0.3 is 0 Å². The molecule has 0 amide bonds. The van der Waals surface area contributed by atoms with Crippen LogP contribution in [0, 0.1) is 6.92 Å². The van der Waals surface area contributed by atoms with Gasteiger partial charge in [0.05, 0.1) is 11.7 Å². The maximum absolute atomic E-state index is 4.65. The smallest absolute Gasteiger partial charge is 0.161 e. The molecule has 1 aliphatic rings. The van der Waals surface area contributed by atoms with Crippen molar-refractivity contribution in [1.29, 1.82) is 0 Å². The van der Waals surface area contributed by atoms with Gasteiger partial charge in [0.2, 0.25) is 0 Å². The topological polar surface area (TPSA) is 24.4 Å². The van der Waals surface area contributed by atoms with E-state index in [1.165, 1.54) is 5.56 Å². The zero-order valence-electron chi connectivity index (χ0n) is 10.3. The molecule has 1 aromatic carbocycles. The van der Waals surface area contributed by atoms with Crippen molar-refractivity contribution in [1.82, 2.24) is 0 Å². The van der Waals surface area contributed by atoms with Crippen molar-refractivity contribution in [3.05, 3.63) is 28.2 Å². The number of hydrogen-bond acceptors (Lipinski definition) is 3. The van der Waals surface area contributed by atoms with E-state index in [1.54, 1.807) is 0 Å². The molecular weight excluding hydrogens is 296 g/mol. The molecule has 2 nitrogen and oxygen atoms in total. The number of thioether (sulfide) groups is 1. The summed E-state index contributed by atoms with van der Waals surface area (Å²) in [6, 6.07) is 6.71. The van der Waals surface area contributed by atoms with Crippen LogP contribution in [0.15, 0.2) is 27.7 Å². The summed E-state index contributed by atoms with van der Waals surface area (Å²) >= 11 is 5.38. The molecule has 0 fully saturated rings. The van der Waals surface area contributed by atoms with Gasteiger partial charge in [0, 0.05) is 9.72 Å². The average molecular weight is 313 g/mol. The normalized spacial score (nSPS) is 24.4. The van der Waals surface area contributed by atoms with Crippen LogP contribution in [-0.2, 0) is 0 Å². The largest absolute Gasteiger partial charge is 0.334 e. The van der Waals surface area contributed by atoms with Crippen LogP contribution >= 0.6 is 27.7 Å². The number of halogens is 1. The summed E-state index contributed by atoms with van der Waals surface area (Å²) in [6.07, 6.45) is 1.16. The van der Waals surface area contributed by atoms with E-state index in [-0.39, 0.29) is 0 Å². The van der Waals surface area contributed by atoms with E-state index >= 15 is 0 Å². The lowest BCUT2D eigenvalue weighted by Gasteiger charge is -2.23. The number of hydrogen-bond donors (Lipinski definition) is 1. The lowest BCUT2D eigenvalue weighted by molar-refractivity contribution is 0.661. The Morgan fingerprint density at radius 1 is 1.41 bits per heavy atom. The summed E-state index contributed by atoms with van der Waals surface area (Å²) in [7, 11) is 0. The minimum Gasteiger partial charge on any atom is -0.334 e. The van der Waals surface area contributed by atoms with Crippen LogP contribution in [-0.4, -0.2) is 16.5 Å². The van der Waals surface area contributed by atoms with Gasteiger partial charge in [-0.1, -0.05) is 24.8 Å². The SMILES string of the molecule is Cc1ccc(Br)c(NC2=NC(C)CC(C)S2)c1. The first-order chi connectivity index (χ1) is 8.04. The highest BCUT2D eigenvalue weighted by molar-refractivity contribution is 9.10. The molecule has 0 spiro atoms. The van der Waals surface area contributed by atoms with Gasteiger partial charge in [0.15, 0.2) is 5.17 Å². The fraction of sp³-hybridized carbons (Fsp3) is 0.462. The zero-order chi connectivity index (χ0) is 12.4. The second-order valence-corrected chi connectivity index (χ2v) is 6.84. The summed E-state index contributed by atoms with van der Waals surface area (Å²) < 4.78 is 1.08. The molecule has 0 bridgehead atoms. The standard InChI is InChI=1S/C13H17BrN2S/c1-8-4-5-11(14)12(6-8)16-13-15-9(2)7-10(3)17-13/h4-6,9-10H,7H2,1-3H3,(H,15,16). The second-order valence-electron chi connectivity index (χ2n) is 4.56. The first kappa shape index (κ1) is 13.0. The van der Waals surface area contributed by atoms with Crippen LogP contribution in [0.5, 0.6) is 0 Å². The minimum atomic E-state index is 0.414. The Hall–Kier alpha value is -0.480. The van der Waals surface area contributed by atoms with Crippen LogP contribution in [0.3, 0.4) is 0 Å². The molecule has 1 aromatic rings. The molecule has 0 saturated carbocycles. The second kappa shape index (κ2) is 5.44. The molecule has 0 radical (unpaired) electrons. The fourth-order valence-corrected chi connectivity index (χ4v) is 3.43. The number of nitrogens with one attached hydrogen (secondary N) is 1. The highest BCUT2D eigenvalue weighted by Gasteiger charge is 2.18. The van der Waals surface area contributed by atoms with Crippen LogP contribution < -0.4 is 5.32 Å². The molecule has 0 aromatic heterocycles. The van der Waals surface area contributed by atoms with E-state index in [9.17, 15) is 0 Å². The van der Waals surface area contributed by atoms with E-state index < -0.39 is 0 Å². The summed E-state index contributed by atoms with van der Waals surface area (Å²) in [5.41, 5.74) is 2.34. The summed E-state index contributed by atoms with van der Waals surface area (Å²) in [6.45, 7) is 6.52. The Labute approximate surface area is 115 Å². The highest BCUT2D eigenvalue weighted by atomic mass is 79.9. The molecule has 2 unspecified atom stereocenters. The van der Waals surface area contributed by atoms with Crippen LogP contribution in [0.2, 0.25) is 0 Å². The number of aliphatic imine (C=N–C) groups is 1. The predicted octanol–water partition coefficient (Wildman–Crippen LogP) is 4.44. The van der Waals surface area contributed by atoms with E-state index in [0.29, 0.717) is 11.3 Å². The van der Waals surface area contributed by atoms with Gasteiger partial charge in [-0.15, -0.1) is 0 Å². The van der Waals surface area contributed by atoms with Gasteiger partial charge in [0.25, 0.3) is 0 Å². The molecule has 2 atom stereocenters. The number of anilines is 1. The molecule has 1 heterocycles. The van der Waals surface area contributed by atoms with E-state index in [0.717, 1.165) is 21.7 Å². The lowest BCUT2D eigenvalue weighted by Crippen LogP contribution is -2.22. The maximum atomic E-state index is 4.65. The Kier molecular flexibility index (Phi) is 4.15. The van der Waals surface area contributed by atoms with E-state index in [1.807, 2.05) is 11.8 Å². The lowest BCUT2D eigenvalue weighted by atomic mass is 10.2. The van der Waals surface area contributed by atoms with E-state index in [4.69, 9.17) is 0 Å². The summed E-state index contributed by atoms with van der Waals surface area (Å²) in [5.74, 6) is 0. The van der Waals surface area contributed by atoms with Crippen molar-refractivity contribution in [2.75, 3.05) is 5.32 Å². The third kappa shape index (κ3) is 3.49. The molecule has 4 heteroatoms. The Morgan fingerprint density at radius 2 is 2.18 bits per heavy atom. The number of nitrogens with zero attached hydrogens (tertiary/aromatic N) is 1. The number of rotatable bonds is 1. The highest BCUT2D eigenvalue weighted by Crippen LogP contribution is 2.29. The van der Waals surface area contributed by atoms with Crippen LogP contribution in [0.1, 0.15) is 25.8 Å². The van der Waals surface area contributed by atoms with Crippen molar-refractivity contribution in [2.24, 2.45) is 4.99 Å². The van der Waals surface area contributed by atoms with Gasteiger partial charge in [-0.25, -0.2) is 0 Å². The molecular formula is C13H17BrN2S. The Balaban J connectivity index is 2.18. The quantitative estimate of drug-likeness (QED) is 0.829. The van der Waals surface area contributed by atoms with Crippen LogP contribution in [0.25, 0.3) is 0 Å². The fourth-order valence-electron chi connectivity index (χ4n) is 1.91. The van der Waals surface area contributed by atoms with Crippen LogP contribution in [0.4, 0.5) is 5.69 Å². The van der Waals surface area contributed by atoms with Crippen molar-refractivity contribution in [2.45, 2.75) is 38.5 Å². The molecule has 17 heavy (non-hydrogen) atoms. The van der Waals surface area contributed by atoms with Gasteiger partial charge < -0.3 is 5.32 Å². The van der Waals surface area contributed by atoms with Crippen molar-refractivity contribution in [3.8, 4) is 0 Å². The van der Waals surface area contributed by atoms with Gasteiger partial charge in [-0.3, -0.25) is 4.99 Å². The average Bonchev–Trinajstić information content (AvgIpc) is 2.22. The molecule has 1 aliphatic heterocycles. The molecule has 0 saturated heterocycles. The first-order valence-corrected chi connectivity index (χ1v) is 7.49. The van der Waals surface area contributed by atoms with Crippen molar-refractivity contribution < 1.29 is 0 Å². The minimum absolute atomic E-state index is 0.414. The number of amidine groups is 1. The Bertz CT molecular complexity index is 445. The van der Waals surface area contributed by atoms with Crippen molar-refractivity contribution >= 4 is 38.5 Å². The monoisotopic (exact) mass is 312 g/mol. The molecule has 1 N–H and O–H groups in total. The van der Waals surface area contributed by atoms with Gasteiger partial charge in [0.1, 0.15) is 0 Å². The Morgan fingerprint density at radius 3 is 2.88 bits per heavy atom. The number of benzene rings is 1. The maximum Gasteiger partial charge on any atom is 0.161 e. The third-order valence-corrected chi connectivity index (χ3v) is 4.40. The molecule has 92 valence electrons. The summed E-state index contributed by atoms with van der Waals surface area (Å²) in [5, 5.41) is 5.08. The van der Waals surface area contributed by atoms with E-state index in [2.05, 4.69) is 65.2 Å². The first-order valence-electron chi connectivity index (χ1n) is 5.82. The van der Waals surface area contributed by atoms with Gasteiger partial charge in [-0.05, 0) is 53.9 Å². The molecule has 2 rings (SSSR count). The predicted molar refractivity (Wildman–Crippen MR) is 81.1 cm³/mol. The third-order valence-electron chi connectivity index (χ3n) is 2.69. The zero-order valence-corrected chi connectivity index (χ0v) is 12.7. The number of aryl methyl sites for hydroxylation is 1. The summed E-state index contributed by atoms with van der Waals surface area (Å²) in [4.78, 5) is 4.65. The molecule has 0 aliphatic carbocycles.